The van der Waals surface area contributed by atoms with Crippen LogP contribution in [0.5, 0.6) is 0 Å². The number of nitrogens with one attached hydrogen (secondary N) is 1. The fraction of sp³-hybridized carbons (Fsp3) is 0.562. The zero-order valence-electron chi connectivity index (χ0n) is 12.7. The number of hydrogen-bond donors (Lipinski definition) is 3. The molecule has 1 aromatic carbocycles. The lowest BCUT2D eigenvalue weighted by Crippen LogP contribution is -2.39. The van der Waals surface area contributed by atoms with Crippen molar-refractivity contribution in [2.45, 2.75) is 32.9 Å². The normalized spacial score (nSPS) is 13.9. The predicted octanol–water partition coefficient (Wildman–Crippen LogP) is 2.49. The highest BCUT2D eigenvalue weighted by atomic mass is 16.5. The first-order chi connectivity index (χ1) is 10.0. The van der Waals surface area contributed by atoms with Crippen LogP contribution < -0.4 is 5.32 Å². The van der Waals surface area contributed by atoms with Crippen LogP contribution in [-0.4, -0.2) is 35.6 Å². The van der Waals surface area contributed by atoms with E-state index in [1.54, 1.807) is 0 Å². The highest BCUT2D eigenvalue weighted by Crippen LogP contribution is 2.18. The molecular weight excluding hydrogens is 270 g/mol. The van der Waals surface area contributed by atoms with Crippen molar-refractivity contribution < 1.29 is 19.7 Å². The molecular formula is C16H25NO4. The zero-order chi connectivity index (χ0) is 15.7. The smallest absolute Gasteiger partial charge is 0.404 e. The van der Waals surface area contributed by atoms with E-state index in [1.807, 2.05) is 30.3 Å². The molecule has 0 unspecified atom stereocenters. The second-order valence-corrected chi connectivity index (χ2v) is 5.57. The number of benzene rings is 1. The predicted molar refractivity (Wildman–Crippen MR) is 81.1 cm³/mol. The maximum Gasteiger partial charge on any atom is 0.404 e. The van der Waals surface area contributed by atoms with Gasteiger partial charge in [-0.15, -0.1) is 0 Å². The summed E-state index contributed by atoms with van der Waals surface area (Å²) in [7, 11) is 0. The Morgan fingerprint density at radius 2 is 1.95 bits per heavy atom. The van der Waals surface area contributed by atoms with Crippen LogP contribution in [0.25, 0.3) is 0 Å². The molecule has 1 amide bonds. The van der Waals surface area contributed by atoms with Crippen molar-refractivity contribution in [3.63, 3.8) is 0 Å². The molecule has 0 fully saturated rings. The maximum atomic E-state index is 10.7. The summed E-state index contributed by atoms with van der Waals surface area (Å²) < 4.78 is 5.74. The quantitative estimate of drug-likeness (QED) is 0.654. The molecule has 0 heterocycles. The molecule has 1 aromatic rings. The minimum atomic E-state index is -1.11. The van der Waals surface area contributed by atoms with Gasteiger partial charge in [0.05, 0.1) is 25.9 Å². The van der Waals surface area contributed by atoms with Gasteiger partial charge in [-0.25, -0.2) is 4.79 Å². The van der Waals surface area contributed by atoms with E-state index in [2.05, 4.69) is 19.2 Å². The van der Waals surface area contributed by atoms with Crippen LogP contribution in [0.4, 0.5) is 4.79 Å². The molecule has 0 aliphatic rings. The van der Waals surface area contributed by atoms with Crippen LogP contribution in [-0.2, 0) is 11.3 Å². The number of carboxylic acid groups (broad SMARTS) is 1. The SMILES string of the molecule is CC(C)[C@@H](COCc1ccccc1)C[C@@H](CO)NC(=O)O. The zero-order valence-corrected chi connectivity index (χ0v) is 12.7. The summed E-state index contributed by atoms with van der Waals surface area (Å²) in [6.45, 7) is 5.04. The number of hydrogen-bond acceptors (Lipinski definition) is 3. The summed E-state index contributed by atoms with van der Waals surface area (Å²) in [5, 5.41) is 20.3. The third kappa shape index (κ3) is 7.11. The van der Waals surface area contributed by atoms with Crippen molar-refractivity contribution in [3.8, 4) is 0 Å². The Labute approximate surface area is 125 Å². The number of carbonyl (C=O) groups is 1. The number of aliphatic hydroxyl groups is 1. The first kappa shape index (κ1) is 17.5. The van der Waals surface area contributed by atoms with Crippen LogP contribution >= 0.6 is 0 Å². The molecule has 0 saturated heterocycles. The highest BCUT2D eigenvalue weighted by molar-refractivity contribution is 5.64. The lowest BCUT2D eigenvalue weighted by atomic mass is 9.90. The molecule has 0 aliphatic carbocycles. The van der Waals surface area contributed by atoms with E-state index in [4.69, 9.17) is 9.84 Å². The molecule has 5 nitrogen and oxygen atoms in total. The average molecular weight is 295 g/mol. The number of ether oxygens (including phenoxy) is 1. The summed E-state index contributed by atoms with van der Waals surface area (Å²) in [5.41, 5.74) is 1.11. The van der Waals surface area contributed by atoms with Gasteiger partial charge in [-0.3, -0.25) is 0 Å². The molecule has 3 N–H and O–H groups in total. The maximum absolute atomic E-state index is 10.7. The van der Waals surface area contributed by atoms with Gasteiger partial charge in [0.2, 0.25) is 0 Å². The summed E-state index contributed by atoms with van der Waals surface area (Å²) in [4.78, 5) is 10.7. The van der Waals surface area contributed by atoms with Crippen molar-refractivity contribution in [3.05, 3.63) is 35.9 Å². The van der Waals surface area contributed by atoms with E-state index in [-0.39, 0.29) is 12.5 Å². The lowest BCUT2D eigenvalue weighted by molar-refractivity contribution is 0.0595. The van der Waals surface area contributed by atoms with Gasteiger partial charge in [0.15, 0.2) is 0 Å². The molecule has 0 radical (unpaired) electrons. The van der Waals surface area contributed by atoms with Gasteiger partial charge >= 0.3 is 6.09 Å². The Balaban J connectivity index is 2.44. The molecule has 21 heavy (non-hydrogen) atoms. The van der Waals surface area contributed by atoms with E-state index in [0.29, 0.717) is 25.6 Å². The Kier molecular flexibility index (Phi) is 7.79. The molecule has 1 rings (SSSR count). The molecule has 0 bridgehead atoms. The molecule has 5 heteroatoms. The van der Waals surface area contributed by atoms with Gasteiger partial charge in [-0.1, -0.05) is 44.2 Å². The molecule has 0 aliphatic heterocycles. The summed E-state index contributed by atoms with van der Waals surface area (Å²) >= 11 is 0. The van der Waals surface area contributed by atoms with E-state index >= 15 is 0 Å². The highest BCUT2D eigenvalue weighted by Gasteiger charge is 2.20. The summed E-state index contributed by atoms with van der Waals surface area (Å²) in [6.07, 6.45) is -0.545. The number of aliphatic hydroxyl groups excluding tert-OH is 1. The fourth-order valence-electron chi connectivity index (χ4n) is 2.15. The molecule has 0 aromatic heterocycles. The van der Waals surface area contributed by atoms with Gasteiger partial charge in [0.1, 0.15) is 0 Å². The minimum absolute atomic E-state index is 0.192. The van der Waals surface area contributed by atoms with Crippen molar-refractivity contribution in [2.75, 3.05) is 13.2 Å². The third-order valence-electron chi connectivity index (χ3n) is 3.52. The fourth-order valence-corrected chi connectivity index (χ4v) is 2.15. The minimum Gasteiger partial charge on any atom is -0.465 e. The first-order valence-corrected chi connectivity index (χ1v) is 7.25. The van der Waals surface area contributed by atoms with Crippen LogP contribution in [0.2, 0.25) is 0 Å². The van der Waals surface area contributed by atoms with Gasteiger partial charge in [0, 0.05) is 0 Å². The summed E-state index contributed by atoms with van der Waals surface area (Å²) in [6, 6.07) is 9.47. The molecule has 0 saturated carbocycles. The molecule has 2 atom stereocenters. The Hall–Kier alpha value is -1.59. The van der Waals surface area contributed by atoms with Crippen molar-refractivity contribution in [1.82, 2.24) is 5.32 Å². The molecule has 118 valence electrons. The standard InChI is InChI=1S/C16H25NO4/c1-12(2)14(8-15(9-18)17-16(19)20)11-21-10-13-6-4-3-5-7-13/h3-7,12,14-15,17-18H,8-11H2,1-2H3,(H,19,20)/t14-,15+/m1/s1. The van der Waals surface area contributed by atoms with Gasteiger partial charge < -0.3 is 20.3 Å². The van der Waals surface area contributed by atoms with Gasteiger partial charge in [-0.05, 0) is 23.8 Å². The van der Waals surface area contributed by atoms with Crippen LogP contribution in [0.3, 0.4) is 0 Å². The van der Waals surface area contributed by atoms with E-state index in [0.717, 1.165) is 5.56 Å². The van der Waals surface area contributed by atoms with Crippen LogP contribution in [0, 0.1) is 11.8 Å². The first-order valence-electron chi connectivity index (χ1n) is 7.25. The van der Waals surface area contributed by atoms with Crippen molar-refractivity contribution in [2.24, 2.45) is 11.8 Å². The average Bonchev–Trinajstić information content (AvgIpc) is 2.45. The largest absolute Gasteiger partial charge is 0.465 e. The lowest BCUT2D eigenvalue weighted by Gasteiger charge is -2.25. The van der Waals surface area contributed by atoms with Crippen LogP contribution in [0.15, 0.2) is 30.3 Å². The third-order valence-corrected chi connectivity index (χ3v) is 3.52. The number of rotatable bonds is 9. The Morgan fingerprint density at radius 3 is 2.48 bits per heavy atom. The monoisotopic (exact) mass is 295 g/mol. The second kappa shape index (κ2) is 9.37. The van der Waals surface area contributed by atoms with Crippen molar-refractivity contribution >= 4 is 6.09 Å². The number of amides is 1. The second-order valence-electron chi connectivity index (χ2n) is 5.57. The topological polar surface area (TPSA) is 78.8 Å². The van der Waals surface area contributed by atoms with E-state index in [1.165, 1.54) is 0 Å². The van der Waals surface area contributed by atoms with E-state index in [9.17, 15) is 9.90 Å². The van der Waals surface area contributed by atoms with Crippen molar-refractivity contribution in [1.29, 1.82) is 0 Å². The van der Waals surface area contributed by atoms with Gasteiger partial charge in [0.25, 0.3) is 0 Å². The Bertz CT molecular complexity index is 408. The van der Waals surface area contributed by atoms with Crippen LogP contribution in [0.1, 0.15) is 25.8 Å². The Morgan fingerprint density at radius 1 is 1.29 bits per heavy atom. The molecule has 0 spiro atoms. The van der Waals surface area contributed by atoms with E-state index < -0.39 is 12.1 Å². The summed E-state index contributed by atoms with van der Waals surface area (Å²) in [5.74, 6) is 0.545. The van der Waals surface area contributed by atoms with Gasteiger partial charge in [-0.2, -0.15) is 0 Å².